The Kier molecular flexibility index (Phi) is 3.84. The van der Waals surface area contributed by atoms with Gasteiger partial charge in [0.05, 0.1) is 0 Å². The van der Waals surface area contributed by atoms with E-state index in [1.165, 1.54) is 5.56 Å². The molecule has 106 valence electrons. The Morgan fingerprint density at radius 2 is 1.86 bits per heavy atom. The highest BCUT2D eigenvalue weighted by Crippen LogP contribution is 2.29. The molecule has 0 bridgehead atoms. The van der Waals surface area contributed by atoms with E-state index >= 15 is 0 Å². The third-order valence-corrected chi connectivity index (χ3v) is 3.49. The fraction of sp³-hybridized carbons (Fsp3) is 0.167. The third-order valence-electron chi connectivity index (χ3n) is 3.49. The van der Waals surface area contributed by atoms with Gasteiger partial charge < -0.3 is 10.5 Å². The molecule has 3 rings (SSSR count). The lowest BCUT2D eigenvalue weighted by Crippen LogP contribution is -2.05. The van der Waals surface area contributed by atoms with Crippen LogP contribution in [0.4, 0.5) is 0 Å². The highest BCUT2D eigenvalue weighted by molar-refractivity contribution is 5.85. The summed E-state index contributed by atoms with van der Waals surface area (Å²) in [7, 11) is 0. The van der Waals surface area contributed by atoms with E-state index in [9.17, 15) is 0 Å². The Balaban J connectivity index is 2.05. The monoisotopic (exact) mass is 278 g/mol. The zero-order valence-electron chi connectivity index (χ0n) is 12.0. The molecular weight excluding hydrogens is 260 g/mol. The van der Waals surface area contributed by atoms with Gasteiger partial charge in [-0.3, -0.25) is 0 Å². The van der Waals surface area contributed by atoms with Crippen molar-refractivity contribution in [1.82, 2.24) is 4.98 Å². The maximum atomic E-state index is 5.96. The van der Waals surface area contributed by atoms with Crippen LogP contribution in [0.2, 0.25) is 0 Å². The summed E-state index contributed by atoms with van der Waals surface area (Å²) in [5.74, 6) is 1.59. The lowest BCUT2D eigenvalue weighted by molar-refractivity contribution is 0.487. The molecule has 0 saturated heterocycles. The minimum Gasteiger partial charge on any atom is -0.455 e. The van der Waals surface area contributed by atoms with Gasteiger partial charge in [-0.1, -0.05) is 30.3 Å². The average Bonchev–Trinajstić information content (AvgIpc) is 2.50. The number of aromatic nitrogens is 1. The summed E-state index contributed by atoms with van der Waals surface area (Å²) in [6.45, 7) is 2.65. The van der Waals surface area contributed by atoms with Crippen molar-refractivity contribution in [2.24, 2.45) is 5.73 Å². The van der Waals surface area contributed by atoms with E-state index in [-0.39, 0.29) is 0 Å². The molecular formula is C18H18N2O. The molecule has 3 nitrogen and oxygen atoms in total. The van der Waals surface area contributed by atoms with Crippen molar-refractivity contribution >= 4 is 10.9 Å². The first-order valence-electron chi connectivity index (χ1n) is 7.10. The second kappa shape index (κ2) is 5.94. The van der Waals surface area contributed by atoms with Gasteiger partial charge in [-0.05, 0) is 49.7 Å². The topological polar surface area (TPSA) is 48.1 Å². The van der Waals surface area contributed by atoms with Crippen LogP contribution >= 0.6 is 0 Å². The van der Waals surface area contributed by atoms with Crippen LogP contribution in [-0.4, -0.2) is 11.5 Å². The van der Waals surface area contributed by atoms with Gasteiger partial charge >= 0.3 is 0 Å². The number of para-hydroxylation sites is 2. The van der Waals surface area contributed by atoms with E-state index in [2.05, 4.69) is 12.1 Å². The summed E-state index contributed by atoms with van der Waals surface area (Å²) < 4.78 is 5.96. The van der Waals surface area contributed by atoms with E-state index in [1.807, 2.05) is 49.4 Å². The molecule has 0 aliphatic heterocycles. The van der Waals surface area contributed by atoms with Crippen molar-refractivity contribution < 1.29 is 4.74 Å². The first-order valence-corrected chi connectivity index (χ1v) is 7.10. The van der Waals surface area contributed by atoms with Crippen LogP contribution in [0.5, 0.6) is 11.5 Å². The maximum Gasteiger partial charge on any atom is 0.153 e. The molecule has 0 amide bonds. The normalized spacial score (nSPS) is 10.8. The van der Waals surface area contributed by atoms with Crippen LogP contribution < -0.4 is 10.5 Å². The molecule has 0 unspecified atom stereocenters. The van der Waals surface area contributed by atoms with Crippen molar-refractivity contribution in [3.05, 3.63) is 65.9 Å². The van der Waals surface area contributed by atoms with Crippen molar-refractivity contribution in [2.45, 2.75) is 13.3 Å². The maximum absolute atomic E-state index is 5.96. The quantitative estimate of drug-likeness (QED) is 0.789. The molecule has 0 saturated carbocycles. The summed E-state index contributed by atoms with van der Waals surface area (Å²) in [6, 6.07) is 17.9. The number of nitrogens with zero attached hydrogens (tertiary/aromatic N) is 1. The number of hydrogen-bond acceptors (Lipinski definition) is 3. The van der Waals surface area contributed by atoms with Crippen LogP contribution in [0.15, 0.2) is 54.6 Å². The van der Waals surface area contributed by atoms with Crippen molar-refractivity contribution in [3.8, 4) is 11.5 Å². The molecule has 0 aliphatic rings. The number of ether oxygens (including phenoxy) is 1. The highest BCUT2D eigenvalue weighted by atomic mass is 16.5. The molecule has 0 atom stereocenters. The number of fused-ring (bicyclic) bond motifs is 1. The second-order valence-electron chi connectivity index (χ2n) is 5.01. The lowest BCUT2D eigenvalue weighted by Gasteiger charge is -2.11. The van der Waals surface area contributed by atoms with Crippen LogP contribution in [0.3, 0.4) is 0 Å². The van der Waals surface area contributed by atoms with Gasteiger partial charge in [-0.15, -0.1) is 0 Å². The van der Waals surface area contributed by atoms with Gasteiger partial charge in [-0.25, -0.2) is 4.98 Å². The number of nitrogens with two attached hydrogens (primary N) is 1. The summed E-state index contributed by atoms with van der Waals surface area (Å²) in [4.78, 5) is 4.71. The number of rotatable bonds is 4. The molecule has 21 heavy (non-hydrogen) atoms. The van der Waals surface area contributed by atoms with E-state index in [4.69, 9.17) is 15.5 Å². The molecule has 0 spiro atoms. The Bertz CT molecular complexity index is 754. The van der Waals surface area contributed by atoms with Crippen molar-refractivity contribution in [1.29, 1.82) is 0 Å². The van der Waals surface area contributed by atoms with E-state index < -0.39 is 0 Å². The molecule has 1 aromatic heterocycles. The van der Waals surface area contributed by atoms with Gasteiger partial charge in [0.1, 0.15) is 11.3 Å². The van der Waals surface area contributed by atoms with Crippen LogP contribution in [-0.2, 0) is 6.42 Å². The standard InChI is InChI=1S/C18H18N2O/c1-13-14(10-11-19)12-15-6-5-9-17(18(15)20-13)21-16-7-3-2-4-8-16/h2-9,12H,10-11,19H2,1H3. The van der Waals surface area contributed by atoms with Gasteiger partial charge in [0.25, 0.3) is 0 Å². The minimum atomic E-state index is 0.633. The van der Waals surface area contributed by atoms with Gasteiger partial charge in [-0.2, -0.15) is 0 Å². The lowest BCUT2D eigenvalue weighted by atomic mass is 10.1. The van der Waals surface area contributed by atoms with Gasteiger partial charge in [0, 0.05) is 11.1 Å². The Morgan fingerprint density at radius 3 is 2.62 bits per heavy atom. The molecule has 3 aromatic rings. The van der Waals surface area contributed by atoms with Gasteiger partial charge in [0.2, 0.25) is 0 Å². The molecule has 1 heterocycles. The van der Waals surface area contributed by atoms with E-state index in [1.54, 1.807) is 0 Å². The fourth-order valence-electron chi connectivity index (χ4n) is 2.41. The van der Waals surface area contributed by atoms with Gasteiger partial charge in [0.15, 0.2) is 5.75 Å². The second-order valence-corrected chi connectivity index (χ2v) is 5.01. The van der Waals surface area contributed by atoms with E-state index in [0.29, 0.717) is 6.54 Å². The first kappa shape index (κ1) is 13.6. The number of aryl methyl sites for hydroxylation is 1. The van der Waals surface area contributed by atoms with Crippen LogP contribution in [0, 0.1) is 6.92 Å². The smallest absolute Gasteiger partial charge is 0.153 e. The fourth-order valence-corrected chi connectivity index (χ4v) is 2.41. The highest BCUT2D eigenvalue weighted by Gasteiger charge is 2.08. The minimum absolute atomic E-state index is 0.633. The predicted octanol–water partition coefficient (Wildman–Crippen LogP) is 3.84. The van der Waals surface area contributed by atoms with Crippen LogP contribution in [0.1, 0.15) is 11.3 Å². The number of pyridine rings is 1. The van der Waals surface area contributed by atoms with E-state index in [0.717, 1.165) is 34.5 Å². The predicted molar refractivity (Wildman–Crippen MR) is 85.8 cm³/mol. The molecule has 2 aromatic carbocycles. The summed E-state index contributed by atoms with van der Waals surface area (Å²) >= 11 is 0. The Hall–Kier alpha value is -2.39. The average molecular weight is 278 g/mol. The molecule has 0 aliphatic carbocycles. The Morgan fingerprint density at radius 1 is 1.05 bits per heavy atom. The first-order chi connectivity index (χ1) is 10.3. The zero-order chi connectivity index (χ0) is 14.7. The molecule has 0 fully saturated rings. The summed E-state index contributed by atoms with van der Waals surface area (Å²) in [6.07, 6.45) is 0.846. The largest absolute Gasteiger partial charge is 0.455 e. The molecule has 0 radical (unpaired) electrons. The SMILES string of the molecule is Cc1nc2c(Oc3ccccc3)cccc2cc1CCN. The third kappa shape index (κ3) is 2.88. The van der Waals surface area contributed by atoms with Crippen LogP contribution in [0.25, 0.3) is 10.9 Å². The number of benzene rings is 2. The summed E-state index contributed by atoms with van der Waals surface area (Å²) in [5, 5.41) is 1.08. The summed E-state index contributed by atoms with van der Waals surface area (Å²) in [5.41, 5.74) is 8.75. The molecule has 2 N–H and O–H groups in total. The number of hydrogen-bond donors (Lipinski definition) is 1. The van der Waals surface area contributed by atoms with Crippen molar-refractivity contribution in [2.75, 3.05) is 6.54 Å². The Labute approximate surface area is 124 Å². The molecule has 3 heteroatoms. The zero-order valence-corrected chi connectivity index (χ0v) is 12.0. The van der Waals surface area contributed by atoms with Crippen molar-refractivity contribution in [3.63, 3.8) is 0 Å².